The Kier molecular flexibility index (Phi) is 9.48. The molecule has 0 aliphatic carbocycles. The van der Waals surface area contributed by atoms with E-state index in [1.165, 1.54) is 23.8 Å². The van der Waals surface area contributed by atoms with Crippen LogP contribution in [-0.4, -0.2) is 80.0 Å². The molecule has 1 aromatic carbocycles. The molecule has 2 aromatic heterocycles. The second-order valence-corrected chi connectivity index (χ2v) is 11.5. The van der Waals surface area contributed by atoms with E-state index in [1.54, 1.807) is 13.0 Å². The van der Waals surface area contributed by atoms with E-state index < -0.39 is 6.10 Å². The third kappa shape index (κ3) is 7.51. The van der Waals surface area contributed by atoms with Gasteiger partial charge in [0, 0.05) is 51.4 Å². The predicted octanol–water partition coefficient (Wildman–Crippen LogP) is 2.69. The zero-order valence-corrected chi connectivity index (χ0v) is 24.6. The second kappa shape index (κ2) is 13.4. The number of amides is 2. The van der Waals surface area contributed by atoms with Crippen LogP contribution in [0, 0.1) is 12.8 Å². The van der Waals surface area contributed by atoms with Crippen molar-refractivity contribution in [2.24, 2.45) is 5.92 Å². The van der Waals surface area contributed by atoms with Crippen molar-refractivity contribution in [1.29, 1.82) is 0 Å². The van der Waals surface area contributed by atoms with Crippen LogP contribution in [-0.2, 0) is 30.8 Å². The number of rotatable bonds is 10. The number of ether oxygens (including phenoxy) is 1. The minimum absolute atomic E-state index is 0.115. The first kappa shape index (κ1) is 29.7. The maximum Gasteiger partial charge on any atom is 0.270 e. The first-order valence-electron chi connectivity index (χ1n) is 14.7. The molecule has 0 unspecified atom stereocenters. The first-order valence-corrected chi connectivity index (χ1v) is 14.7. The molecule has 1 saturated heterocycles. The number of aliphatic hydroxyl groups excluding tert-OH is 1. The van der Waals surface area contributed by atoms with Gasteiger partial charge < -0.3 is 24.5 Å². The number of aromatic nitrogens is 3. The van der Waals surface area contributed by atoms with Crippen molar-refractivity contribution in [3.63, 3.8) is 0 Å². The monoisotopic (exact) mass is 576 g/mol. The van der Waals surface area contributed by atoms with Crippen LogP contribution in [0.3, 0.4) is 0 Å². The van der Waals surface area contributed by atoms with E-state index in [0.717, 1.165) is 68.2 Å². The van der Waals surface area contributed by atoms with Crippen molar-refractivity contribution >= 4 is 11.8 Å². The molecule has 5 rings (SSSR count). The van der Waals surface area contributed by atoms with Gasteiger partial charge in [0.25, 0.3) is 5.91 Å². The Balaban J connectivity index is 1.06. The summed E-state index contributed by atoms with van der Waals surface area (Å²) in [6.07, 6.45) is 5.56. The number of hydrogen-bond donors (Lipinski definition) is 2. The van der Waals surface area contributed by atoms with Crippen LogP contribution in [0.15, 0.2) is 41.4 Å². The molecule has 0 saturated carbocycles. The fourth-order valence-corrected chi connectivity index (χ4v) is 5.96. The summed E-state index contributed by atoms with van der Waals surface area (Å²) in [5, 5.41) is 13.5. The van der Waals surface area contributed by atoms with Gasteiger partial charge in [-0.15, -0.1) is 0 Å². The number of oxazole rings is 1. The van der Waals surface area contributed by atoms with Crippen molar-refractivity contribution < 1.29 is 23.8 Å². The van der Waals surface area contributed by atoms with Gasteiger partial charge in [-0.2, -0.15) is 0 Å². The van der Waals surface area contributed by atoms with Crippen molar-refractivity contribution in [2.45, 2.75) is 71.8 Å². The van der Waals surface area contributed by atoms with Crippen LogP contribution >= 0.6 is 0 Å². The molecule has 224 valence electrons. The number of piperidine rings is 1. The normalized spacial score (nSPS) is 19.7. The highest BCUT2D eigenvalue weighted by atomic mass is 16.5. The average molecular weight is 577 g/mol. The molecule has 42 heavy (non-hydrogen) atoms. The Labute approximate surface area is 246 Å². The maximum atomic E-state index is 12.8. The highest BCUT2D eigenvalue weighted by molar-refractivity contribution is 5.92. The molecule has 3 atom stereocenters. The smallest absolute Gasteiger partial charge is 0.270 e. The van der Waals surface area contributed by atoms with Gasteiger partial charge in [0.2, 0.25) is 5.91 Å². The van der Waals surface area contributed by atoms with Crippen molar-refractivity contribution in [3.8, 4) is 5.75 Å². The average Bonchev–Trinajstić information content (AvgIpc) is 3.39. The molecular formula is C31H40N6O5. The van der Waals surface area contributed by atoms with Crippen LogP contribution in [0.4, 0.5) is 0 Å². The summed E-state index contributed by atoms with van der Waals surface area (Å²) in [5.74, 6) is 1.71. The van der Waals surface area contributed by atoms with E-state index in [0.29, 0.717) is 24.8 Å². The van der Waals surface area contributed by atoms with E-state index in [2.05, 4.69) is 44.2 Å². The molecule has 0 bridgehead atoms. The number of carbonyl (C=O) groups is 2. The van der Waals surface area contributed by atoms with Gasteiger partial charge >= 0.3 is 0 Å². The lowest BCUT2D eigenvalue weighted by molar-refractivity contribution is -0.132. The lowest BCUT2D eigenvalue weighted by Crippen LogP contribution is -2.43. The van der Waals surface area contributed by atoms with Crippen LogP contribution in [0.5, 0.6) is 5.75 Å². The summed E-state index contributed by atoms with van der Waals surface area (Å²) in [6, 6.07) is 8.03. The van der Waals surface area contributed by atoms with Crippen molar-refractivity contribution in [3.05, 3.63) is 71.0 Å². The summed E-state index contributed by atoms with van der Waals surface area (Å²) in [6.45, 7) is 8.79. The molecule has 2 amide bonds. The Morgan fingerprint density at radius 3 is 2.81 bits per heavy atom. The first-order chi connectivity index (χ1) is 20.2. The molecule has 3 aromatic rings. The number of carbonyl (C=O) groups excluding carboxylic acids is 2. The van der Waals surface area contributed by atoms with E-state index in [9.17, 15) is 14.7 Å². The standard InChI is InChI=1S/C31H40N6O5/c1-20-10-23(6-9-37(20)22(3)38)11-26-13-29(34-18-33-26)31(40)32-14-27(39)16-36-8-7-24-12-28(5-4-25(24)15-36)41-17-30-21(2)35-19-42-30/h4-5,12-13,18-20,23,27,39H,6-11,14-17H2,1-3H3,(H,32,40)/t20-,23+,27+/m1/s1. The predicted molar refractivity (Wildman–Crippen MR) is 155 cm³/mol. The fourth-order valence-electron chi connectivity index (χ4n) is 5.96. The van der Waals surface area contributed by atoms with Crippen LogP contribution in [0.1, 0.15) is 65.5 Å². The molecule has 2 N–H and O–H groups in total. The zero-order chi connectivity index (χ0) is 29.6. The van der Waals surface area contributed by atoms with Gasteiger partial charge in [0.05, 0.1) is 11.8 Å². The van der Waals surface area contributed by atoms with Gasteiger partial charge in [-0.05, 0) is 74.8 Å². The number of likely N-dealkylation sites (tertiary alicyclic amines) is 1. The lowest BCUT2D eigenvalue weighted by atomic mass is 9.88. The van der Waals surface area contributed by atoms with Crippen molar-refractivity contribution in [1.82, 2.24) is 30.1 Å². The lowest BCUT2D eigenvalue weighted by Gasteiger charge is -2.37. The Bertz CT molecular complexity index is 1390. The number of hydrogen-bond acceptors (Lipinski definition) is 9. The topological polar surface area (TPSA) is 134 Å². The molecular weight excluding hydrogens is 536 g/mol. The Morgan fingerprint density at radius 2 is 2.05 bits per heavy atom. The van der Waals surface area contributed by atoms with Gasteiger partial charge in [-0.1, -0.05) is 6.07 Å². The Hall–Kier alpha value is -3.83. The molecule has 2 aliphatic rings. The summed E-state index contributed by atoms with van der Waals surface area (Å²) in [7, 11) is 0. The van der Waals surface area contributed by atoms with Crippen LogP contribution < -0.4 is 10.1 Å². The van der Waals surface area contributed by atoms with Gasteiger partial charge in [-0.3, -0.25) is 14.5 Å². The number of fused-ring (bicyclic) bond motifs is 1. The highest BCUT2D eigenvalue weighted by Gasteiger charge is 2.27. The molecule has 0 spiro atoms. The molecule has 1 fully saturated rings. The third-order valence-electron chi connectivity index (χ3n) is 8.29. The maximum absolute atomic E-state index is 12.8. The number of benzene rings is 1. The van der Waals surface area contributed by atoms with E-state index in [-0.39, 0.29) is 24.4 Å². The third-order valence-corrected chi connectivity index (χ3v) is 8.29. The number of β-amino-alcohol motifs (C(OH)–C–C–N with tert-alkyl or cyclic N) is 1. The van der Waals surface area contributed by atoms with Gasteiger partial charge in [0.15, 0.2) is 12.2 Å². The van der Waals surface area contributed by atoms with Gasteiger partial charge in [0.1, 0.15) is 24.4 Å². The van der Waals surface area contributed by atoms with Crippen molar-refractivity contribution in [2.75, 3.05) is 26.2 Å². The van der Waals surface area contributed by atoms with E-state index >= 15 is 0 Å². The van der Waals surface area contributed by atoms with Crippen LogP contribution in [0.25, 0.3) is 0 Å². The summed E-state index contributed by atoms with van der Waals surface area (Å²) in [4.78, 5) is 41.3. The number of nitrogens with zero attached hydrogens (tertiary/aromatic N) is 5. The van der Waals surface area contributed by atoms with Gasteiger partial charge in [-0.25, -0.2) is 15.0 Å². The molecule has 2 aliphatic heterocycles. The molecule has 0 radical (unpaired) electrons. The molecule has 11 heteroatoms. The molecule has 11 nitrogen and oxygen atoms in total. The SMILES string of the molecule is CC(=O)N1CC[C@H](Cc2cc(C(=O)NC[C@H](O)CN3CCc4cc(OCc5ocnc5C)ccc4C3)ncn2)C[C@H]1C. The molecule has 4 heterocycles. The van der Waals surface area contributed by atoms with E-state index in [4.69, 9.17) is 9.15 Å². The summed E-state index contributed by atoms with van der Waals surface area (Å²) >= 11 is 0. The minimum atomic E-state index is -0.711. The Morgan fingerprint density at radius 1 is 1.19 bits per heavy atom. The van der Waals surface area contributed by atoms with Crippen LogP contribution in [0.2, 0.25) is 0 Å². The number of nitrogens with one attached hydrogen (secondary N) is 1. The highest BCUT2D eigenvalue weighted by Crippen LogP contribution is 2.26. The fraction of sp³-hybridized carbons (Fsp3) is 0.516. The number of aryl methyl sites for hydroxylation is 1. The summed E-state index contributed by atoms with van der Waals surface area (Å²) < 4.78 is 11.2. The number of aliphatic hydroxyl groups is 1. The summed E-state index contributed by atoms with van der Waals surface area (Å²) in [5.41, 5.74) is 4.38. The minimum Gasteiger partial charge on any atom is -0.486 e. The zero-order valence-electron chi connectivity index (χ0n) is 24.6. The largest absolute Gasteiger partial charge is 0.486 e. The quantitative estimate of drug-likeness (QED) is 0.374. The second-order valence-electron chi connectivity index (χ2n) is 11.5. The van der Waals surface area contributed by atoms with E-state index in [1.807, 2.05) is 17.9 Å².